The summed E-state index contributed by atoms with van der Waals surface area (Å²) in [5, 5.41) is 3.13. The molecule has 0 bridgehead atoms. The molecular weight excluding hydrogens is 557 g/mol. The van der Waals surface area contributed by atoms with Crippen LogP contribution in [0.15, 0.2) is 83.8 Å². The lowest BCUT2D eigenvalue weighted by molar-refractivity contribution is -0.140. The van der Waals surface area contributed by atoms with E-state index in [1.54, 1.807) is 0 Å². The number of nitrogens with zero attached hydrogens (tertiary/aromatic N) is 2. The molecule has 4 rings (SSSR count). The van der Waals surface area contributed by atoms with E-state index in [0.717, 1.165) is 54.1 Å². The Labute approximate surface area is 247 Å². The molecule has 0 aromatic heterocycles. The average molecular weight is 596 g/mol. The molecule has 2 amide bonds. The number of rotatable bonds is 12. The molecule has 1 fully saturated rings. The zero-order chi connectivity index (χ0) is 30.1. The van der Waals surface area contributed by atoms with Crippen LogP contribution in [0.1, 0.15) is 51.0 Å². The van der Waals surface area contributed by atoms with E-state index in [1.165, 1.54) is 48.4 Å². The van der Waals surface area contributed by atoms with Crippen LogP contribution in [-0.4, -0.2) is 50.9 Å². The molecule has 1 aliphatic carbocycles. The summed E-state index contributed by atoms with van der Waals surface area (Å²) in [5.74, 6) is -0.865. The van der Waals surface area contributed by atoms with Gasteiger partial charge in [0.05, 0.1) is 17.7 Å². The molecular formula is C32H38FN3O5S. The Balaban J connectivity index is 1.68. The Kier molecular flexibility index (Phi) is 10.6. The van der Waals surface area contributed by atoms with Gasteiger partial charge in [0, 0.05) is 12.6 Å². The number of halogens is 1. The second-order valence-corrected chi connectivity index (χ2v) is 12.3. The number of sulfonamides is 1. The van der Waals surface area contributed by atoms with Crippen molar-refractivity contribution >= 4 is 27.5 Å². The van der Waals surface area contributed by atoms with Gasteiger partial charge in [0.25, 0.3) is 10.0 Å². The molecule has 8 nitrogen and oxygen atoms in total. The first-order valence-electron chi connectivity index (χ1n) is 14.3. The average Bonchev–Trinajstić information content (AvgIpc) is 3.01. The highest BCUT2D eigenvalue weighted by molar-refractivity contribution is 7.92. The minimum absolute atomic E-state index is 0.0557. The van der Waals surface area contributed by atoms with Gasteiger partial charge in [0.2, 0.25) is 11.8 Å². The molecule has 1 N–H and O–H groups in total. The minimum atomic E-state index is -4.26. The van der Waals surface area contributed by atoms with E-state index >= 15 is 0 Å². The molecule has 0 aliphatic heterocycles. The van der Waals surface area contributed by atoms with Gasteiger partial charge in [-0.3, -0.25) is 13.9 Å². The molecule has 10 heteroatoms. The zero-order valence-corrected chi connectivity index (χ0v) is 24.9. The lowest BCUT2D eigenvalue weighted by Gasteiger charge is -2.34. The molecule has 3 aromatic carbocycles. The van der Waals surface area contributed by atoms with Gasteiger partial charge in [-0.2, -0.15) is 0 Å². The molecule has 0 radical (unpaired) electrons. The van der Waals surface area contributed by atoms with Crippen molar-refractivity contribution in [1.29, 1.82) is 0 Å². The maximum Gasteiger partial charge on any atom is 0.264 e. The minimum Gasteiger partial charge on any atom is -0.497 e. The molecule has 3 aromatic rings. The van der Waals surface area contributed by atoms with Crippen molar-refractivity contribution in [3.05, 3.63) is 90.2 Å². The zero-order valence-electron chi connectivity index (χ0n) is 24.0. The maximum atomic E-state index is 14.1. The number of hydrogen-bond acceptors (Lipinski definition) is 5. The number of nitrogens with one attached hydrogen (secondary N) is 1. The van der Waals surface area contributed by atoms with Gasteiger partial charge in [-0.05, 0) is 73.4 Å². The number of methoxy groups -OCH3 is 1. The van der Waals surface area contributed by atoms with Gasteiger partial charge in [-0.15, -0.1) is 0 Å². The van der Waals surface area contributed by atoms with E-state index in [4.69, 9.17) is 4.74 Å². The van der Waals surface area contributed by atoms with Crippen LogP contribution >= 0.6 is 0 Å². The van der Waals surface area contributed by atoms with Crippen LogP contribution in [0.4, 0.5) is 10.1 Å². The molecule has 0 unspecified atom stereocenters. The van der Waals surface area contributed by atoms with Gasteiger partial charge < -0.3 is 15.0 Å². The molecule has 0 heterocycles. The number of ether oxygens (including phenoxy) is 1. The fraction of sp³-hybridized carbons (Fsp3) is 0.375. The van der Waals surface area contributed by atoms with Crippen LogP contribution < -0.4 is 14.4 Å². The van der Waals surface area contributed by atoms with Crippen LogP contribution in [0.2, 0.25) is 0 Å². The van der Waals surface area contributed by atoms with E-state index in [0.29, 0.717) is 12.2 Å². The van der Waals surface area contributed by atoms with E-state index in [9.17, 15) is 22.4 Å². The van der Waals surface area contributed by atoms with Gasteiger partial charge in [0.1, 0.15) is 24.2 Å². The van der Waals surface area contributed by atoms with Gasteiger partial charge in [-0.25, -0.2) is 12.8 Å². The Morgan fingerprint density at radius 3 is 2.19 bits per heavy atom. The number of amides is 2. The SMILES string of the molecule is CC[C@@H](C(=O)NC1CCCCC1)N(Cc1ccccc1)C(=O)CN(c1ccc(F)cc1)S(=O)(=O)c1ccc(OC)cc1. The Morgan fingerprint density at radius 1 is 0.952 bits per heavy atom. The standard InChI is InChI=1S/C32H38FN3O5S/c1-3-30(32(38)34-26-12-8-5-9-13-26)35(22-24-10-6-4-7-11-24)31(37)23-36(27-16-14-25(33)15-17-27)42(39,40)29-20-18-28(41-2)19-21-29/h4,6-7,10-11,14-21,26,30H,3,5,8-9,12-13,22-23H2,1-2H3,(H,34,38)/t30-/m0/s1. The first-order valence-corrected chi connectivity index (χ1v) is 15.7. The number of anilines is 1. The monoisotopic (exact) mass is 595 g/mol. The van der Waals surface area contributed by atoms with Gasteiger partial charge >= 0.3 is 0 Å². The summed E-state index contributed by atoms with van der Waals surface area (Å²) in [7, 11) is -2.79. The number of carbonyl (C=O) groups is 2. The highest BCUT2D eigenvalue weighted by atomic mass is 32.2. The maximum absolute atomic E-state index is 14.1. The summed E-state index contributed by atoms with van der Waals surface area (Å²) < 4.78 is 47.8. The van der Waals surface area contributed by atoms with Crippen molar-refractivity contribution in [1.82, 2.24) is 10.2 Å². The largest absolute Gasteiger partial charge is 0.497 e. The van der Waals surface area contributed by atoms with Crippen LogP contribution in [0.3, 0.4) is 0 Å². The Hall–Kier alpha value is -3.92. The topological polar surface area (TPSA) is 96.0 Å². The predicted molar refractivity (Wildman–Crippen MR) is 160 cm³/mol. The van der Waals surface area contributed by atoms with Crippen molar-refractivity contribution in [3.8, 4) is 5.75 Å². The van der Waals surface area contributed by atoms with Crippen LogP contribution in [0, 0.1) is 5.82 Å². The first-order chi connectivity index (χ1) is 20.2. The smallest absolute Gasteiger partial charge is 0.264 e. The predicted octanol–water partition coefficient (Wildman–Crippen LogP) is 5.29. The third-order valence-electron chi connectivity index (χ3n) is 7.57. The molecule has 1 aliphatic rings. The van der Waals surface area contributed by atoms with Crippen molar-refractivity contribution < 1.29 is 27.1 Å². The lowest BCUT2D eigenvalue weighted by Crippen LogP contribution is -2.54. The summed E-state index contributed by atoms with van der Waals surface area (Å²) in [6.45, 7) is 1.37. The van der Waals surface area contributed by atoms with Crippen molar-refractivity contribution in [2.24, 2.45) is 0 Å². The number of carbonyl (C=O) groups excluding carboxylic acids is 2. The van der Waals surface area contributed by atoms with E-state index < -0.39 is 34.3 Å². The summed E-state index contributed by atoms with van der Waals surface area (Å²) in [4.78, 5) is 29.1. The summed E-state index contributed by atoms with van der Waals surface area (Å²) in [6.07, 6.45) is 5.37. The van der Waals surface area contributed by atoms with Crippen LogP contribution in [-0.2, 0) is 26.2 Å². The molecule has 42 heavy (non-hydrogen) atoms. The quantitative estimate of drug-likeness (QED) is 0.307. The van der Waals surface area contributed by atoms with Crippen LogP contribution in [0.5, 0.6) is 5.75 Å². The third kappa shape index (κ3) is 7.67. The van der Waals surface area contributed by atoms with Gasteiger partial charge in [-0.1, -0.05) is 56.5 Å². The second-order valence-electron chi connectivity index (χ2n) is 10.4. The second kappa shape index (κ2) is 14.3. The number of benzene rings is 3. The molecule has 0 spiro atoms. The van der Waals surface area contributed by atoms with E-state index in [2.05, 4.69) is 5.32 Å². The third-order valence-corrected chi connectivity index (χ3v) is 9.36. The molecule has 1 saturated carbocycles. The Bertz CT molecular complexity index is 1430. The lowest BCUT2D eigenvalue weighted by atomic mass is 9.95. The normalized spacial score (nSPS) is 14.5. The number of hydrogen-bond donors (Lipinski definition) is 1. The highest BCUT2D eigenvalue weighted by Crippen LogP contribution is 2.27. The van der Waals surface area contributed by atoms with Crippen molar-refractivity contribution in [2.75, 3.05) is 18.0 Å². The van der Waals surface area contributed by atoms with Crippen LogP contribution in [0.25, 0.3) is 0 Å². The van der Waals surface area contributed by atoms with Crippen molar-refractivity contribution in [3.63, 3.8) is 0 Å². The summed E-state index contributed by atoms with van der Waals surface area (Å²) in [6, 6.07) is 19.3. The first kappa shape index (κ1) is 31.0. The van der Waals surface area contributed by atoms with Crippen molar-refractivity contribution in [2.45, 2.75) is 69.0 Å². The summed E-state index contributed by atoms with van der Waals surface area (Å²) >= 11 is 0. The highest BCUT2D eigenvalue weighted by Gasteiger charge is 2.34. The van der Waals surface area contributed by atoms with E-state index in [1.807, 2.05) is 37.3 Å². The van der Waals surface area contributed by atoms with E-state index in [-0.39, 0.29) is 29.1 Å². The fourth-order valence-corrected chi connectivity index (χ4v) is 6.67. The fourth-order valence-electron chi connectivity index (χ4n) is 5.25. The molecule has 1 atom stereocenters. The van der Waals surface area contributed by atoms with Gasteiger partial charge in [0.15, 0.2) is 0 Å². The molecule has 0 saturated heterocycles. The summed E-state index contributed by atoms with van der Waals surface area (Å²) in [5.41, 5.74) is 0.932. The molecule has 224 valence electrons. The Morgan fingerprint density at radius 2 is 1.60 bits per heavy atom.